The Kier molecular flexibility index (Phi) is 5.06. The molecule has 0 radical (unpaired) electrons. The van der Waals surface area contributed by atoms with Crippen molar-refractivity contribution >= 4 is 27.1 Å². The molecular weight excluding hydrogens is 321 g/mol. The van der Waals surface area contributed by atoms with Crippen LogP contribution >= 0.6 is 0 Å². The number of anilines is 1. The van der Waals surface area contributed by atoms with E-state index in [1.165, 1.54) is 16.3 Å². The molecule has 2 rings (SSSR count). The topological polar surface area (TPSA) is 3.24 Å². The van der Waals surface area contributed by atoms with E-state index in [1.807, 2.05) is 0 Å². The average Bonchev–Trinajstić information content (AvgIpc) is 2.24. The average molecular weight is 347 g/mol. The predicted octanol–water partition coefficient (Wildman–Crippen LogP) is 4.29. The summed E-state index contributed by atoms with van der Waals surface area (Å²) in [7, 11) is 0. The maximum absolute atomic E-state index is 2.58. The van der Waals surface area contributed by atoms with Crippen molar-refractivity contribution in [3.8, 4) is 0 Å². The van der Waals surface area contributed by atoms with Crippen LogP contribution in [-0.4, -0.2) is 33.5 Å². The third-order valence-corrected chi connectivity index (χ3v) is 14.0. The first-order valence-corrected chi connectivity index (χ1v) is 14.4. The van der Waals surface area contributed by atoms with E-state index in [0.717, 1.165) is 0 Å². The zero-order valence-corrected chi connectivity index (χ0v) is 15.6. The third-order valence-electron chi connectivity index (χ3n) is 4.12. The molecule has 1 fully saturated rings. The van der Waals surface area contributed by atoms with Crippen molar-refractivity contribution in [1.29, 1.82) is 0 Å². The molecule has 1 aromatic rings. The second-order valence-corrected chi connectivity index (χ2v) is 15.6. The minimum absolute atomic E-state index is 0.586. The molecular formula is C16H26InN. The van der Waals surface area contributed by atoms with Crippen LogP contribution in [0.15, 0.2) is 24.3 Å². The fraction of sp³-hybridized carbons (Fsp3) is 0.625. The first-order chi connectivity index (χ1) is 8.59. The first-order valence-electron chi connectivity index (χ1n) is 7.46. The van der Waals surface area contributed by atoms with Crippen molar-refractivity contribution in [2.24, 2.45) is 0 Å². The van der Waals surface area contributed by atoms with Gasteiger partial charge in [0.2, 0.25) is 0 Å². The Balaban J connectivity index is 2.23. The summed E-state index contributed by atoms with van der Waals surface area (Å²) >= 11 is -1.06. The first kappa shape index (κ1) is 14.3. The fourth-order valence-corrected chi connectivity index (χ4v) is 9.83. The predicted molar refractivity (Wildman–Crippen MR) is 82.9 cm³/mol. The van der Waals surface area contributed by atoms with E-state index >= 15 is 0 Å². The number of rotatable bonds is 5. The Hall–Kier alpha value is -0.110. The summed E-state index contributed by atoms with van der Waals surface area (Å²) in [4.78, 5) is 2.58. The van der Waals surface area contributed by atoms with Gasteiger partial charge in [0.15, 0.2) is 0 Å². The number of benzene rings is 1. The van der Waals surface area contributed by atoms with Crippen molar-refractivity contribution in [2.75, 3.05) is 4.90 Å². The van der Waals surface area contributed by atoms with Crippen LogP contribution in [0.4, 0.5) is 5.69 Å². The van der Waals surface area contributed by atoms with Gasteiger partial charge in [-0.05, 0) is 0 Å². The normalized spacial score (nSPS) is 15.1. The Bertz CT molecular complexity index is 374. The third kappa shape index (κ3) is 3.26. The molecule has 1 heterocycles. The zero-order valence-electron chi connectivity index (χ0n) is 12.3. The molecule has 0 aliphatic carbocycles. The summed E-state index contributed by atoms with van der Waals surface area (Å²) in [5.41, 5.74) is 3.14. The van der Waals surface area contributed by atoms with Gasteiger partial charge in [0.1, 0.15) is 0 Å². The van der Waals surface area contributed by atoms with Crippen LogP contribution in [0.1, 0.15) is 39.7 Å². The van der Waals surface area contributed by atoms with Crippen LogP contribution in [0.25, 0.3) is 0 Å². The summed E-state index contributed by atoms with van der Waals surface area (Å²) in [5, 5.41) is 0. The quantitative estimate of drug-likeness (QED) is 0.768. The molecule has 0 amide bonds. The molecule has 1 nitrogen and oxygen atoms in total. The molecule has 18 heavy (non-hydrogen) atoms. The molecule has 0 aromatic heterocycles. The molecule has 1 aliphatic heterocycles. The van der Waals surface area contributed by atoms with Gasteiger partial charge in [0.25, 0.3) is 0 Å². The zero-order chi connectivity index (χ0) is 13.1. The molecule has 0 atom stereocenters. The van der Waals surface area contributed by atoms with Gasteiger partial charge in [-0.2, -0.15) is 0 Å². The molecule has 2 heteroatoms. The Labute approximate surface area is 120 Å². The van der Waals surface area contributed by atoms with E-state index in [0.29, 0.717) is 12.1 Å². The summed E-state index contributed by atoms with van der Waals surface area (Å²) in [6.07, 6.45) is 1.53. The van der Waals surface area contributed by atoms with Crippen LogP contribution in [-0.2, 0) is 4.18 Å². The summed E-state index contributed by atoms with van der Waals surface area (Å²) < 4.78 is 4.76. The van der Waals surface area contributed by atoms with Crippen molar-refractivity contribution in [2.45, 2.75) is 58.7 Å². The van der Waals surface area contributed by atoms with E-state index < -0.39 is 21.4 Å². The van der Waals surface area contributed by atoms with Crippen LogP contribution in [0.3, 0.4) is 0 Å². The Morgan fingerprint density at radius 2 is 1.67 bits per heavy atom. The van der Waals surface area contributed by atoms with Gasteiger partial charge < -0.3 is 0 Å². The molecule has 1 aromatic carbocycles. The van der Waals surface area contributed by atoms with Crippen molar-refractivity contribution in [3.63, 3.8) is 0 Å². The van der Waals surface area contributed by atoms with Crippen molar-refractivity contribution in [3.05, 3.63) is 29.8 Å². The Morgan fingerprint density at radius 1 is 1.06 bits per heavy atom. The van der Waals surface area contributed by atoms with Crippen LogP contribution in [0.2, 0.25) is 8.35 Å². The van der Waals surface area contributed by atoms with E-state index in [4.69, 9.17) is 0 Å². The van der Waals surface area contributed by atoms with Gasteiger partial charge in [-0.25, -0.2) is 0 Å². The monoisotopic (exact) mass is 347 g/mol. The molecule has 0 spiro atoms. The van der Waals surface area contributed by atoms with Gasteiger partial charge >= 0.3 is 121 Å². The number of para-hydroxylation sites is 1. The molecule has 98 valence electrons. The number of hydrogen-bond donors (Lipinski definition) is 0. The van der Waals surface area contributed by atoms with E-state index in [1.54, 1.807) is 13.9 Å². The minimum atomic E-state index is -1.06. The van der Waals surface area contributed by atoms with Gasteiger partial charge in [-0.15, -0.1) is 0 Å². The van der Waals surface area contributed by atoms with Crippen molar-refractivity contribution in [1.82, 2.24) is 0 Å². The summed E-state index contributed by atoms with van der Waals surface area (Å²) in [6, 6.07) is 10.3. The van der Waals surface area contributed by atoms with Crippen molar-refractivity contribution < 1.29 is 0 Å². The molecule has 0 saturated carbocycles. The fourth-order valence-electron chi connectivity index (χ4n) is 3.10. The summed E-state index contributed by atoms with van der Waals surface area (Å²) in [6.45, 7) is 9.24. The summed E-state index contributed by atoms with van der Waals surface area (Å²) in [5.74, 6) is 0. The number of nitrogens with zero attached hydrogens (tertiary/aromatic N) is 1. The number of hydrogen-bond acceptors (Lipinski definition) is 1. The molecule has 0 bridgehead atoms. The van der Waals surface area contributed by atoms with E-state index in [2.05, 4.69) is 56.9 Å². The SMILES string of the molecule is CC(C)N(c1ccccc1[CH2][In]1[CH2]C[CH2]1)C(C)C. The van der Waals surface area contributed by atoms with E-state index in [-0.39, 0.29) is 0 Å². The standard InChI is InChI=1S/C13H20N.C3H6.In/c1-10(2)14(11(3)4)13-9-7-6-8-12(13)5;1-3-2;/h6-11H,5H2,1-4H3;1-3H2;. The van der Waals surface area contributed by atoms with Gasteiger partial charge in [0, 0.05) is 0 Å². The van der Waals surface area contributed by atoms with Crippen LogP contribution < -0.4 is 4.90 Å². The Morgan fingerprint density at radius 3 is 2.17 bits per heavy atom. The van der Waals surface area contributed by atoms with E-state index in [9.17, 15) is 0 Å². The second kappa shape index (κ2) is 6.36. The van der Waals surface area contributed by atoms with Gasteiger partial charge in [-0.1, -0.05) is 0 Å². The van der Waals surface area contributed by atoms with Crippen LogP contribution in [0, 0.1) is 0 Å². The van der Waals surface area contributed by atoms with Crippen LogP contribution in [0.5, 0.6) is 0 Å². The van der Waals surface area contributed by atoms with Gasteiger partial charge in [0.05, 0.1) is 0 Å². The molecule has 1 aliphatic rings. The molecule has 0 unspecified atom stereocenters. The van der Waals surface area contributed by atoms with Gasteiger partial charge in [-0.3, -0.25) is 0 Å². The second-order valence-electron chi connectivity index (χ2n) is 6.22. The molecule has 0 N–H and O–H groups in total. The maximum atomic E-state index is 2.58. The molecule has 1 saturated heterocycles.